The Kier molecular flexibility index (Phi) is 8.60. The third-order valence-corrected chi connectivity index (χ3v) is 7.20. The highest BCUT2D eigenvalue weighted by Gasteiger charge is 2.21. The molecular weight excluding hydrogens is 448 g/mol. The van der Waals surface area contributed by atoms with E-state index in [0.29, 0.717) is 19.0 Å². The normalized spacial score (nSPS) is 17.1. The van der Waals surface area contributed by atoms with Crippen LogP contribution in [-0.2, 0) is 11.3 Å². The topological polar surface area (TPSA) is 105 Å². The van der Waals surface area contributed by atoms with Crippen LogP contribution >= 0.6 is 11.3 Å². The second-order valence-corrected chi connectivity index (χ2v) is 9.75. The van der Waals surface area contributed by atoms with Gasteiger partial charge in [0, 0.05) is 43.4 Å². The molecule has 2 aliphatic rings. The summed E-state index contributed by atoms with van der Waals surface area (Å²) in [4.78, 5) is 24.1. The minimum absolute atomic E-state index is 0.248. The molecule has 0 atom stereocenters. The summed E-state index contributed by atoms with van der Waals surface area (Å²) in [6.45, 7) is 11.4. The lowest BCUT2D eigenvalue weighted by molar-refractivity contribution is 0.122. The van der Waals surface area contributed by atoms with Crippen LogP contribution in [0.25, 0.3) is 21.6 Å². The maximum atomic E-state index is 5.67. The van der Waals surface area contributed by atoms with Gasteiger partial charge in [0.1, 0.15) is 0 Å². The summed E-state index contributed by atoms with van der Waals surface area (Å²) in [6, 6.07) is 2.21. The van der Waals surface area contributed by atoms with Crippen LogP contribution in [0.4, 0.5) is 11.8 Å². The zero-order chi connectivity index (χ0) is 23.9. The zero-order valence-corrected chi connectivity index (χ0v) is 21.3. The van der Waals surface area contributed by atoms with E-state index in [2.05, 4.69) is 38.2 Å². The molecule has 2 aliphatic heterocycles. The molecule has 10 heteroatoms. The molecule has 3 N–H and O–H groups in total. The third kappa shape index (κ3) is 5.99. The zero-order valence-electron chi connectivity index (χ0n) is 20.5. The van der Waals surface area contributed by atoms with E-state index in [9.17, 15) is 0 Å². The fourth-order valence-electron chi connectivity index (χ4n) is 4.45. The average molecular weight is 485 g/mol. The Morgan fingerprint density at radius 1 is 1.15 bits per heavy atom. The van der Waals surface area contributed by atoms with Crippen LogP contribution in [0.2, 0.25) is 0 Å². The summed E-state index contributed by atoms with van der Waals surface area (Å²) >= 11 is 1.80. The van der Waals surface area contributed by atoms with E-state index in [-0.39, 0.29) is 5.95 Å². The van der Waals surface area contributed by atoms with Crippen molar-refractivity contribution in [3.05, 3.63) is 23.3 Å². The molecule has 0 aliphatic carbocycles. The number of anilines is 2. The van der Waals surface area contributed by atoms with Gasteiger partial charge in [0.05, 0.1) is 29.0 Å². The van der Waals surface area contributed by atoms with Crippen LogP contribution in [0.15, 0.2) is 18.5 Å². The Morgan fingerprint density at radius 2 is 1.85 bits per heavy atom. The van der Waals surface area contributed by atoms with Gasteiger partial charge < -0.3 is 25.6 Å². The van der Waals surface area contributed by atoms with Crippen molar-refractivity contribution in [3.8, 4) is 11.4 Å². The Bertz CT molecular complexity index is 1050. The van der Waals surface area contributed by atoms with Gasteiger partial charge in [-0.15, -0.1) is 11.3 Å². The number of piperidine rings is 1. The van der Waals surface area contributed by atoms with Crippen LogP contribution in [0.1, 0.15) is 31.6 Å². The number of rotatable bonds is 6. The highest BCUT2D eigenvalue weighted by atomic mass is 32.1. The molecule has 0 unspecified atom stereocenters. The summed E-state index contributed by atoms with van der Waals surface area (Å²) in [7, 11) is 2.22. The standard InChI is InChI=1S/C22H30N8OS.C2H6/c1-29(13-15-2-4-24-5-3-15)14-17-10-18-19(32-17)21(30-6-8-31-9-7-30)28-20(27-18)16-11-25-22(23)26-12-16;1-2/h10-12,15,24H,2-9,13-14H2,1H3,(H2,23,25,26);1-2H3. The highest BCUT2D eigenvalue weighted by Crippen LogP contribution is 2.35. The molecule has 2 saturated heterocycles. The molecule has 5 heterocycles. The van der Waals surface area contributed by atoms with Crippen molar-refractivity contribution in [3.63, 3.8) is 0 Å². The molecule has 5 rings (SSSR count). The van der Waals surface area contributed by atoms with Crippen molar-refractivity contribution in [1.29, 1.82) is 0 Å². The molecule has 0 spiro atoms. The minimum atomic E-state index is 0.248. The van der Waals surface area contributed by atoms with Gasteiger partial charge in [0.25, 0.3) is 0 Å². The van der Waals surface area contributed by atoms with Gasteiger partial charge in [-0.25, -0.2) is 19.9 Å². The number of nitrogens with zero attached hydrogens (tertiary/aromatic N) is 6. The van der Waals surface area contributed by atoms with Crippen molar-refractivity contribution >= 4 is 33.3 Å². The Balaban J connectivity index is 0.00000133. The van der Waals surface area contributed by atoms with Gasteiger partial charge >= 0.3 is 0 Å². The van der Waals surface area contributed by atoms with Gasteiger partial charge in [-0.05, 0) is 45.0 Å². The lowest BCUT2D eigenvalue weighted by atomic mass is 9.98. The number of nitrogens with two attached hydrogens (primary N) is 1. The molecule has 0 bridgehead atoms. The highest BCUT2D eigenvalue weighted by molar-refractivity contribution is 7.19. The molecular formula is C24H36N8OS. The number of ether oxygens (including phenoxy) is 1. The van der Waals surface area contributed by atoms with Crippen LogP contribution < -0.4 is 16.0 Å². The van der Waals surface area contributed by atoms with Crippen molar-refractivity contribution in [2.45, 2.75) is 33.2 Å². The molecule has 0 saturated carbocycles. The maximum absolute atomic E-state index is 5.67. The molecule has 2 fully saturated rings. The van der Waals surface area contributed by atoms with Gasteiger partial charge in [0.2, 0.25) is 5.95 Å². The van der Waals surface area contributed by atoms with Crippen LogP contribution in [0.3, 0.4) is 0 Å². The summed E-state index contributed by atoms with van der Waals surface area (Å²) in [5.41, 5.74) is 7.41. The number of thiophene rings is 1. The van der Waals surface area contributed by atoms with Gasteiger partial charge in [-0.1, -0.05) is 13.8 Å². The van der Waals surface area contributed by atoms with Crippen molar-refractivity contribution < 1.29 is 4.74 Å². The van der Waals surface area contributed by atoms with E-state index in [1.165, 1.54) is 17.7 Å². The maximum Gasteiger partial charge on any atom is 0.219 e. The molecule has 3 aromatic rings. The molecule has 0 radical (unpaired) electrons. The lowest BCUT2D eigenvalue weighted by Crippen LogP contribution is -2.36. The van der Waals surface area contributed by atoms with E-state index in [4.69, 9.17) is 20.4 Å². The summed E-state index contributed by atoms with van der Waals surface area (Å²) in [6.07, 6.45) is 5.90. The first-order valence-electron chi connectivity index (χ1n) is 12.3. The second-order valence-electron chi connectivity index (χ2n) is 8.62. The van der Waals surface area contributed by atoms with Crippen molar-refractivity contribution in [1.82, 2.24) is 30.2 Å². The molecule has 0 aromatic carbocycles. The van der Waals surface area contributed by atoms with Crippen LogP contribution in [0, 0.1) is 5.92 Å². The lowest BCUT2D eigenvalue weighted by Gasteiger charge is -2.28. The van der Waals surface area contributed by atoms with Crippen molar-refractivity contribution in [2.75, 3.05) is 63.6 Å². The number of fused-ring (bicyclic) bond motifs is 1. The third-order valence-electron chi connectivity index (χ3n) is 6.10. The van der Waals surface area contributed by atoms with Crippen molar-refractivity contribution in [2.24, 2.45) is 5.92 Å². The fourth-order valence-corrected chi connectivity index (χ4v) is 5.64. The number of hydrogen-bond acceptors (Lipinski definition) is 10. The number of aromatic nitrogens is 4. The Labute approximate surface area is 205 Å². The largest absolute Gasteiger partial charge is 0.378 e. The predicted octanol–water partition coefficient (Wildman–Crippen LogP) is 3.02. The van der Waals surface area contributed by atoms with Gasteiger partial charge in [0.15, 0.2) is 11.6 Å². The Morgan fingerprint density at radius 3 is 2.56 bits per heavy atom. The summed E-state index contributed by atoms with van der Waals surface area (Å²) in [5.74, 6) is 2.63. The SMILES string of the molecule is CC.CN(Cc1cc2nc(-c3cnc(N)nc3)nc(N3CCOCC3)c2s1)CC1CCNCC1. The number of morpholine rings is 1. The van der Waals surface area contributed by atoms with Gasteiger partial charge in [-0.2, -0.15) is 0 Å². The molecule has 3 aromatic heterocycles. The second kappa shape index (κ2) is 11.8. The van der Waals surface area contributed by atoms with E-state index in [1.54, 1.807) is 23.7 Å². The Hall–Kier alpha value is -2.40. The summed E-state index contributed by atoms with van der Waals surface area (Å²) < 4.78 is 6.70. The predicted molar refractivity (Wildman–Crippen MR) is 139 cm³/mol. The monoisotopic (exact) mass is 484 g/mol. The van der Waals surface area contributed by atoms with Gasteiger partial charge in [-0.3, -0.25) is 0 Å². The molecule has 9 nitrogen and oxygen atoms in total. The number of hydrogen-bond donors (Lipinski definition) is 2. The average Bonchev–Trinajstić information content (AvgIpc) is 3.28. The van der Waals surface area contributed by atoms with E-state index in [0.717, 1.165) is 66.8 Å². The van der Waals surface area contributed by atoms with E-state index < -0.39 is 0 Å². The molecule has 34 heavy (non-hydrogen) atoms. The first-order chi connectivity index (χ1) is 16.7. The smallest absolute Gasteiger partial charge is 0.219 e. The first kappa shape index (κ1) is 24.7. The van der Waals surface area contributed by atoms with Crippen LogP contribution in [0.5, 0.6) is 0 Å². The minimum Gasteiger partial charge on any atom is -0.378 e. The number of nitrogens with one attached hydrogen (secondary N) is 1. The fraction of sp³-hybridized carbons (Fsp3) is 0.583. The van der Waals surface area contributed by atoms with Crippen LogP contribution in [-0.4, -0.2) is 77.8 Å². The van der Waals surface area contributed by atoms with E-state index in [1.807, 2.05) is 13.8 Å². The quantitative estimate of drug-likeness (QED) is 0.546. The summed E-state index contributed by atoms with van der Waals surface area (Å²) in [5, 5.41) is 3.45. The number of nitrogen functional groups attached to an aromatic ring is 1. The molecule has 184 valence electrons. The van der Waals surface area contributed by atoms with E-state index >= 15 is 0 Å². The molecule has 0 amide bonds. The first-order valence-corrected chi connectivity index (χ1v) is 13.1.